The first-order chi connectivity index (χ1) is 16.8. The van der Waals surface area contributed by atoms with Crippen LogP contribution in [0, 0.1) is 0 Å². The van der Waals surface area contributed by atoms with Crippen LogP contribution < -0.4 is 5.32 Å². The maximum absolute atomic E-state index is 12.7. The van der Waals surface area contributed by atoms with E-state index in [0.29, 0.717) is 12.2 Å². The highest BCUT2D eigenvalue weighted by Gasteiger charge is 2.38. The molecule has 3 aromatic rings. The number of aliphatic carboxylic acids is 1. The number of alkyl halides is 3. The van der Waals surface area contributed by atoms with Crippen molar-refractivity contribution in [3.8, 4) is 11.4 Å². The predicted octanol–water partition coefficient (Wildman–Crippen LogP) is 2.65. The molecule has 1 aliphatic rings. The molecule has 0 spiro atoms. The molecule has 186 valence electrons. The van der Waals surface area contributed by atoms with Crippen molar-refractivity contribution < 1.29 is 27.9 Å². The molecule has 1 aliphatic heterocycles. The Morgan fingerprint density at radius 1 is 1.03 bits per heavy atom. The minimum absolute atomic E-state index is 0.0552. The van der Waals surface area contributed by atoms with Crippen molar-refractivity contribution in [3.05, 3.63) is 66.2 Å². The quantitative estimate of drug-likeness (QED) is 0.565. The van der Waals surface area contributed by atoms with E-state index in [0.717, 1.165) is 50.4 Å². The fourth-order valence-corrected chi connectivity index (χ4v) is 3.39. The van der Waals surface area contributed by atoms with Crippen LogP contribution in [0.5, 0.6) is 0 Å². The van der Waals surface area contributed by atoms with Gasteiger partial charge in [-0.1, -0.05) is 30.3 Å². The van der Waals surface area contributed by atoms with Crippen LogP contribution in [0.3, 0.4) is 0 Å². The van der Waals surface area contributed by atoms with E-state index in [-0.39, 0.29) is 5.91 Å². The maximum Gasteiger partial charge on any atom is 0.490 e. The Morgan fingerprint density at radius 2 is 1.77 bits per heavy atom. The van der Waals surface area contributed by atoms with Crippen molar-refractivity contribution in [1.82, 2.24) is 30.0 Å². The Balaban J connectivity index is 0.000000429. The second-order valence-electron chi connectivity index (χ2n) is 7.66. The van der Waals surface area contributed by atoms with Crippen molar-refractivity contribution in [3.63, 3.8) is 0 Å². The molecule has 0 unspecified atom stereocenters. The average molecular weight is 490 g/mol. The molecule has 1 amide bonds. The first kappa shape index (κ1) is 25.8. The van der Waals surface area contributed by atoms with Gasteiger partial charge >= 0.3 is 12.1 Å². The molecule has 1 saturated heterocycles. The SMILES string of the molecule is O=C(O)C(F)(F)F.O=C(c1cnc(-c2ccnn2CCc2ccccc2)cn1)N1CCCNCC1. The van der Waals surface area contributed by atoms with Gasteiger partial charge in [-0.25, -0.2) is 9.78 Å². The minimum atomic E-state index is -5.08. The number of carbonyl (C=O) groups excluding carboxylic acids is 1. The van der Waals surface area contributed by atoms with Crippen LogP contribution in [0.4, 0.5) is 13.2 Å². The number of hydrogen-bond donors (Lipinski definition) is 2. The monoisotopic (exact) mass is 490 g/mol. The van der Waals surface area contributed by atoms with Crippen LogP contribution in [-0.2, 0) is 17.8 Å². The van der Waals surface area contributed by atoms with Crippen LogP contribution in [0.15, 0.2) is 55.0 Å². The summed E-state index contributed by atoms with van der Waals surface area (Å²) in [5.74, 6) is -2.81. The van der Waals surface area contributed by atoms with Crippen molar-refractivity contribution >= 4 is 11.9 Å². The summed E-state index contributed by atoms with van der Waals surface area (Å²) in [6, 6.07) is 12.3. The molecular weight excluding hydrogens is 465 g/mol. The summed E-state index contributed by atoms with van der Waals surface area (Å²) in [6.07, 6.45) is 1.77. The molecule has 1 fully saturated rings. The summed E-state index contributed by atoms with van der Waals surface area (Å²) in [5.41, 5.74) is 3.28. The van der Waals surface area contributed by atoms with Gasteiger partial charge in [0.15, 0.2) is 0 Å². The van der Waals surface area contributed by atoms with Crippen LogP contribution >= 0.6 is 0 Å². The molecule has 1 aromatic carbocycles. The minimum Gasteiger partial charge on any atom is -0.475 e. The highest BCUT2D eigenvalue weighted by Crippen LogP contribution is 2.17. The Labute approximate surface area is 199 Å². The molecular formula is C23H25F3N6O3. The lowest BCUT2D eigenvalue weighted by molar-refractivity contribution is -0.192. The molecule has 9 nitrogen and oxygen atoms in total. The lowest BCUT2D eigenvalue weighted by Crippen LogP contribution is -2.34. The number of aromatic nitrogens is 4. The summed E-state index contributed by atoms with van der Waals surface area (Å²) in [6.45, 7) is 3.98. The summed E-state index contributed by atoms with van der Waals surface area (Å²) in [7, 11) is 0. The van der Waals surface area contributed by atoms with Gasteiger partial charge in [-0.3, -0.25) is 14.5 Å². The van der Waals surface area contributed by atoms with Gasteiger partial charge in [0, 0.05) is 32.4 Å². The van der Waals surface area contributed by atoms with Crippen molar-refractivity contribution in [2.75, 3.05) is 26.2 Å². The fourth-order valence-electron chi connectivity index (χ4n) is 3.39. The van der Waals surface area contributed by atoms with Gasteiger partial charge in [-0.15, -0.1) is 0 Å². The molecule has 12 heteroatoms. The average Bonchev–Trinajstić information content (AvgIpc) is 3.15. The molecule has 0 aliphatic carbocycles. The van der Waals surface area contributed by atoms with Gasteiger partial charge < -0.3 is 15.3 Å². The number of benzene rings is 1. The zero-order valence-corrected chi connectivity index (χ0v) is 18.8. The number of carboxylic acids is 1. The van der Waals surface area contributed by atoms with E-state index < -0.39 is 12.1 Å². The lowest BCUT2D eigenvalue weighted by Gasteiger charge is -2.19. The summed E-state index contributed by atoms with van der Waals surface area (Å²) < 4.78 is 33.7. The van der Waals surface area contributed by atoms with Gasteiger partial charge in [-0.05, 0) is 31.0 Å². The summed E-state index contributed by atoms with van der Waals surface area (Å²) in [4.78, 5) is 32.3. The standard InChI is InChI=1S/C21H24N6O.C2HF3O2/c28-21(26-12-4-9-22-11-14-26)19-16-23-18(15-24-19)20-7-10-25-27(20)13-8-17-5-2-1-3-6-17;3-2(4,5)1(6)7/h1-3,5-7,10,15-16,22H,4,8-9,11-14H2;(H,6,7). The first-order valence-electron chi connectivity index (χ1n) is 10.9. The number of amides is 1. The van der Waals surface area contributed by atoms with Crippen LogP contribution in [-0.4, -0.2) is 74.0 Å². The third-order valence-corrected chi connectivity index (χ3v) is 5.17. The number of nitrogens with zero attached hydrogens (tertiary/aromatic N) is 5. The number of carboxylic acid groups (broad SMARTS) is 1. The number of halogens is 3. The van der Waals surface area contributed by atoms with Gasteiger partial charge in [0.05, 0.1) is 18.1 Å². The summed E-state index contributed by atoms with van der Waals surface area (Å²) >= 11 is 0. The lowest BCUT2D eigenvalue weighted by atomic mass is 10.1. The van der Waals surface area contributed by atoms with Gasteiger partial charge in [0.2, 0.25) is 0 Å². The highest BCUT2D eigenvalue weighted by molar-refractivity contribution is 5.92. The van der Waals surface area contributed by atoms with Crippen molar-refractivity contribution in [2.24, 2.45) is 0 Å². The highest BCUT2D eigenvalue weighted by atomic mass is 19.4. The molecule has 3 heterocycles. The zero-order chi connectivity index (χ0) is 25.3. The normalized spacial score (nSPS) is 14.0. The molecule has 35 heavy (non-hydrogen) atoms. The van der Waals surface area contributed by atoms with Crippen molar-refractivity contribution in [1.29, 1.82) is 0 Å². The van der Waals surface area contributed by atoms with Gasteiger partial charge in [0.1, 0.15) is 11.4 Å². The van der Waals surface area contributed by atoms with E-state index in [1.165, 1.54) is 5.56 Å². The Kier molecular flexibility index (Phi) is 8.90. The smallest absolute Gasteiger partial charge is 0.475 e. The van der Waals surface area contributed by atoms with E-state index in [2.05, 4.69) is 32.5 Å². The summed E-state index contributed by atoms with van der Waals surface area (Å²) in [5, 5.41) is 14.8. The molecule has 4 rings (SSSR count). The van der Waals surface area contributed by atoms with E-state index in [1.54, 1.807) is 18.6 Å². The molecule has 2 N–H and O–H groups in total. The van der Waals surface area contributed by atoms with Crippen molar-refractivity contribution in [2.45, 2.75) is 25.6 Å². The van der Waals surface area contributed by atoms with Crippen LogP contribution in [0.1, 0.15) is 22.5 Å². The number of carbonyl (C=O) groups is 2. The first-order valence-corrected chi connectivity index (χ1v) is 10.9. The van der Waals surface area contributed by atoms with Crippen LogP contribution in [0.25, 0.3) is 11.4 Å². The predicted molar refractivity (Wildman–Crippen MR) is 120 cm³/mol. The Hall–Kier alpha value is -3.80. The van der Waals surface area contributed by atoms with Crippen LogP contribution in [0.2, 0.25) is 0 Å². The Morgan fingerprint density at radius 3 is 2.43 bits per heavy atom. The molecule has 2 aromatic heterocycles. The van der Waals surface area contributed by atoms with E-state index in [1.807, 2.05) is 33.8 Å². The Bertz CT molecular complexity index is 1100. The maximum atomic E-state index is 12.7. The van der Waals surface area contributed by atoms with E-state index >= 15 is 0 Å². The third kappa shape index (κ3) is 7.60. The second kappa shape index (κ2) is 12.1. The van der Waals surface area contributed by atoms with Gasteiger partial charge in [0.25, 0.3) is 5.91 Å². The molecule has 0 bridgehead atoms. The number of aryl methyl sites for hydroxylation is 2. The molecule has 0 radical (unpaired) electrons. The zero-order valence-electron chi connectivity index (χ0n) is 18.8. The largest absolute Gasteiger partial charge is 0.490 e. The second-order valence-corrected chi connectivity index (χ2v) is 7.66. The fraction of sp³-hybridized carbons (Fsp3) is 0.348. The van der Waals surface area contributed by atoms with Gasteiger partial charge in [-0.2, -0.15) is 18.3 Å². The topological polar surface area (TPSA) is 113 Å². The van der Waals surface area contributed by atoms with E-state index in [9.17, 15) is 18.0 Å². The van der Waals surface area contributed by atoms with E-state index in [4.69, 9.17) is 9.90 Å². The molecule has 0 atom stereocenters. The third-order valence-electron chi connectivity index (χ3n) is 5.17. The number of hydrogen-bond acceptors (Lipinski definition) is 6. The number of rotatable bonds is 5. The molecule has 0 saturated carbocycles. The number of nitrogens with one attached hydrogen (secondary N) is 1.